The summed E-state index contributed by atoms with van der Waals surface area (Å²) in [5, 5.41) is 0.929. The molecule has 0 aromatic heterocycles. The van der Waals surface area contributed by atoms with Crippen LogP contribution in [-0.2, 0) is 14.6 Å². The van der Waals surface area contributed by atoms with Gasteiger partial charge in [-0.1, -0.05) is 83.9 Å². The van der Waals surface area contributed by atoms with Gasteiger partial charge in [-0.3, -0.25) is 13.7 Å². The second-order valence-electron chi connectivity index (χ2n) is 7.64. The van der Waals surface area contributed by atoms with Crippen molar-refractivity contribution in [1.29, 1.82) is 0 Å². The molecule has 0 fully saturated rings. The van der Waals surface area contributed by atoms with E-state index in [0.717, 1.165) is 12.1 Å². The number of ketones is 1. The second kappa shape index (κ2) is 9.74. The molecular weight excluding hydrogens is 532 g/mol. The largest absolute Gasteiger partial charge is 0.345 e. The van der Waals surface area contributed by atoms with Crippen molar-refractivity contribution >= 4 is 63.1 Å². The van der Waals surface area contributed by atoms with Crippen LogP contribution in [0.3, 0.4) is 0 Å². The predicted molar refractivity (Wildman–Crippen MR) is 137 cm³/mol. The highest BCUT2D eigenvalue weighted by Crippen LogP contribution is 2.43. The number of carbonyl (C=O) groups excluding carboxylic acids is 1. The van der Waals surface area contributed by atoms with E-state index in [1.807, 2.05) is 0 Å². The fraction of sp³-hybridized carbons (Fsp3) is 0.0417. The van der Waals surface area contributed by atoms with Gasteiger partial charge in [0.1, 0.15) is 6.29 Å². The van der Waals surface area contributed by atoms with Gasteiger partial charge in [0.2, 0.25) is 0 Å². The molecule has 0 bridgehead atoms. The third-order valence-electron chi connectivity index (χ3n) is 5.17. The van der Waals surface area contributed by atoms with E-state index in [9.17, 15) is 27.6 Å². The van der Waals surface area contributed by atoms with E-state index in [2.05, 4.69) is 0 Å². The van der Waals surface area contributed by atoms with Crippen LogP contribution < -0.4 is 4.31 Å². The first-order valence-electron chi connectivity index (χ1n) is 10.1. The molecule has 180 valence electrons. The van der Waals surface area contributed by atoms with E-state index in [1.165, 1.54) is 12.1 Å². The molecule has 0 heterocycles. The molecule has 0 aliphatic carbocycles. The lowest BCUT2D eigenvalue weighted by Crippen LogP contribution is -2.33. The molecule has 35 heavy (non-hydrogen) atoms. The molecule has 0 saturated heterocycles. The standard InChI is InChI=1S/C24H18Cl2NO6PS/c25-18-12-19(26)14-20(13-18)35(32,33)27(15-34(29,30)31)23-21-9-5-4-6-16(21)10-11-22(23)24(28)17-7-2-1-3-8-17/h1-14H,15H2,(H2,29,30,31). The number of anilines is 1. The maximum Gasteiger partial charge on any atom is 0.345 e. The highest BCUT2D eigenvalue weighted by Gasteiger charge is 2.35. The van der Waals surface area contributed by atoms with Crippen molar-refractivity contribution in [2.24, 2.45) is 0 Å². The number of hydrogen-bond acceptors (Lipinski definition) is 4. The van der Waals surface area contributed by atoms with Crippen molar-refractivity contribution in [1.82, 2.24) is 0 Å². The van der Waals surface area contributed by atoms with Gasteiger partial charge in [-0.05, 0) is 29.7 Å². The fourth-order valence-electron chi connectivity index (χ4n) is 3.69. The summed E-state index contributed by atoms with van der Waals surface area (Å²) in [5.41, 5.74) is 0.0831. The number of benzene rings is 4. The molecule has 0 spiro atoms. The Morgan fingerprint density at radius 3 is 2.09 bits per heavy atom. The van der Waals surface area contributed by atoms with E-state index >= 15 is 0 Å². The monoisotopic (exact) mass is 549 g/mol. The third kappa shape index (κ3) is 5.43. The van der Waals surface area contributed by atoms with Crippen LogP contribution in [-0.4, -0.2) is 30.3 Å². The Kier molecular flexibility index (Phi) is 7.06. The number of hydrogen-bond donors (Lipinski definition) is 2. The molecule has 11 heteroatoms. The summed E-state index contributed by atoms with van der Waals surface area (Å²) in [6.45, 7) is 0. The van der Waals surface area contributed by atoms with Crippen molar-refractivity contribution in [2.75, 3.05) is 10.6 Å². The van der Waals surface area contributed by atoms with Crippen LogP contribution in [0.15, 0.2) is 89.8 Å². The molecule has 0 aliphatic rings. The Labute approximate surface area is 211 Å². The van der Waals surface area contributed by atoms with Crippen molar-refractivity contribution in [3.8, 4) is 0 Å². The number of rotatable bonds is 7. The number of halogens is 2. The average molecular weight is 550 g/mol. The van der Waals surface area contributed by atoms with Crippen LogP contribution in [0.25, 0.3) is 10.8 Å². The molecule has 4 aromatic carbocycles. The van der Waals surface area contributed by atoms with E-state index in [0.29, 0.717) is 15.1 Å². The van der Waals surface area contributed by atoms with Gasteiger partial charge in [-0.25, -0.2) is 8.42 Å². The topological polar surface area (TPSA) is 112 Å². The van der Waals surface area contributed by atoms with E-state index in [1.54, 1.807) is 60.7 Å². The zero-order valence-corrected chi connectivity index (χ0v) is 21.1. The van der Waals surface area contributed by atoms with Crippen molar-refractivity contribution in [3.05, 3.63) is 106 Å². The summed E-state index contributed by atoms with van der Waals surface area (Å²) in [7, 11) is -9.60. The van der Waals surface area contributed by atoms with Gasteiger partial charge in [0.25, 0.3) is 10.0 Å². The molecule has 4 rings (SSSR count). The minimum Gasteiger partial charge on any atom is -0.323 e. The Hall–Kier alpha value is -2.71. The summed E-state index contributed by atoms with van der Waals surface area (Å²) in [4.78, 5) is 32.8. The molecule has 0 amide bonds. The summed E-state index contributed by atoms with van der Waals surface area (Å²) >= 11 is 12.0. The van der Waals surface area contributed by atoms with Crippen molar-refractivity contribution in [2.45, 2.75) is 4.90 Å². The Morgan fingerprint density at radius 1 is 0.857 bits per heavy atom. The quantitative estimate of drug-likeness (QED) is 0.225. The minimum atomic E-state index is -4.96. The van der Waals surface area contributed by atoms with E-state index in [-0.39, 0.29) is 31.8 Å². The van der Waals surface area contributed by atoms with Gasteiger partial charge in [0.15, 0.2) is 5.78 Å². The Bertz CT molecular complexity index is 1570. The molecule has 7 nitrogen and oxygen atoms in total. The molecule has 2 N–H and O–H groups in total. The number of carbonyl (C=O) groups is 1. The van der Waals surface area contributed by atoms with Crippen LogP contribution in [0.2, 0.25) is 10.0 Å². The lowest BCUT2D eigenvalue weighted by molar-refractivity contribution is 0.103. The molecular formula is C24H18Cl2NO6PS. The van der Waals surface area contributed by atoms with Gasteiger partial charge in [-0.15, -0.1) is 0 Å². The van der Waals surface area contributed by atoms with Crippen molar-refractivity contribution in [3.63, 3.8) is 0 Å². The summed E-state index contributed by atoms with van der Waals surface area (Å²) in [6, 6.07) is 21.5. The average Bonchev–Trinajstić information content (AvgIpc) is 2.81. The van der Waals surface area contributed by atoms with Gasteiger partial charge >= 0.3 is 7.60 Å². The molecule has 0 aliphatic heterocycles. The molecule has 0 unspecified atom stereocenters. The van der Waals surface area contributed by atoms with Gasteiger partial charge < -0.3 is 9.79 Å². The van der Waals surface area contributed by atoms with Crippen LogP contribution in [0.1, 0.15) is 15.9 Å². The first-order valence-corrected chi connectivity index (χ1v) is 14.1. The lowest BCUT2D eigenvalue weighted by atomic mass is 9.97. The Balaban J connectivity index is 2.06. The summed E-state index contributed by atoms with van der Waals surface area (Å²) in [6.07, 6.45) is -1.21. The first-order chi connectivity index (χ1) is 16.5. The van der Waals surface area contributed by atoms with Crippen LogP contribution in [0, 0.1) is 0 Å². The molecule has 4 aromatic rings. The summed E-state index contributed by atoms with van der Waals surface area (Å²) < 4.78 is 40.4. The molecule has 0 atom stereocenters. The molecule has 0 saturated carbocycles. The zero-order valence-electron chi connectivity index (χ0n) is 17.9. The van der Waals surface area contributed by atoms with Crippen LogP contribution >= 0.6 is 30.8 Å². The highest BCUT2D eigenvalue weighted by molar-refractivity contribution is 7.93. The number of nitrogens with zero attached hydrogens (tertiary/aromatic N) is 1. The van der Waals surface area contributed by atoms with Gasteiger partial charge in [0, 0.05) is 26.6 Å². The third-order valence-corrected chi connectivity index (χ3v) is 8.17. The number of sulfonamides is 1. The predicted octanol–water partition coefficient (Wildman–Crippen LogP) is 5.71. The SMILES string of the molecule is O=C(c1ccccc1)c1ccc2ccccc2c1N(CP(=O)(O)O)S(=O)(=O)c1cc(Cl)cc(Cl)c1. The first kappa shape index (κ1) is 25.4. The smallest absolute Gasteiger partial charge is 0.323 e. The summed E-state index contributed by atoms with van der Waals surface area (Å²) in [5.74, 6) is -0.513. The van der Waals surface area contributed by atoms with Gasteiger partial charge in [-0.2, -0.15) is 0 Å². The highest BCUT2D eigenvalue weighted by atomic mass is 35.5. The minimum absolute atomic E-state index is 0.0192. The molecule has 0 radical (unpaired) electrons. The normalized spacial score (nSPS) is 12.0. The maximum absolute atomic E-state index is 13.8. The van der Waals surface area contributed by atoms with E-state index in [4.69, 9.17) is 23.2 Å². The lowest BCUT2D eigenvalue weighted by Gasteiger charge is -2.28. The number of fused-ring (bicyclic) bond motifs is 1. The van der Waals surface area contributed by atoms with Gasteiger partial charge in [0.05, 0.1) is 10.6 Å². The fourth-order valence-corrected chi connectivity index (χ4v) is 7.13. The second-order valence-corrected chi connectivity index (χ2v) is 12.0. The van der Waals surface area contributed by atoms with E-state index < -0.39 is 29.7 Å². The zero-order chi connectivity index (χ0) is 25.4. The van der Waals surface area contributed by atoms with Crippen LogP contribution in [0.5, 0.6) is 0 Å². The maximum atomic E-state index is 13.8. The Morgan fingerprint density at radius 2 is 1.46 bits per heavy atom. The van der Waals surface area contributed by atoms with Crippen LogP contribution in [0.4, 0.5) is 5.69 Å². The van der Waals surface area contributed by atoms with Crippen molar-refractivity contribution < 1.29 is 27.6 Å².